The van der Waals surface area contributed by atoms with Crippen molar-refractivity contribution in [3.63, 3.8) is 0 Å². The van der Waals surface area contributed by atoms with Crippen LogP contribution in [0.4, 0.5) is 13.2 Å². The molecule has 0 amide bonds. The van der Waals surface area contributed by atoms with Gasteiger partial charge in [-0.1, -0.05) is 12.1 Å². The van der Waals surface area contributed by atoms with E-state index < -0.39 is 17.5 Å². The number of alkyl halides is 3. The molecule has 1 heterocycles. The number of hydrogen-bond acceptors (Lipinski definition) is 2. The third-order valence-corrected chi connectivity index (χ3v) is 4.11. The van der Waals surface area contributed by atoms with Gasteiger partial charge in [-0.3, -0.25) is 4.79 Å². The van der Waals surface area contributed by atoms with Crippen LogP contribution in [-0.4, -0.2) is 5.78 Å². The summed E-state index contributed by atoms with van der Waals surface area (Å²) in [5.74, 6) is -0.414. The van der Waals surface area contributed by atoms with E-state index >= 15 is 0 Å². The zero-order valence-electron chi connectivity index (χ0n) is 8.79. The van der Waals surface area contributed by atoms with Crippen LogP contribution in [0.15, 0.2) is 40.2 Å². The Morgan fingerprint density at radius 1 is 1.22 bits per heavy atom. The molecular formula is C12H6BrF3OS. The van der Waals surface area contributed by atoms with Crippen molar-refractivity contribution in [3.8, 4) is 0 Å². The van der Waals surface area contributed by atoms with E-state index in [4.69, 9.17) is 0 Å². The predicted molar refractivity (Wildman–Crippen MR) is 66.9 cm³/mol. The van der Waals surface area contributed by atoms with E-state index in [0.29, 0.717) is 9.35 Å². The number of benzene rings is 1. The van der Waals surface area contributed by atoms with E-state index in [-0.39, 0.29) is 5.56 Å². The summed E-state index contributed by atoms with van der Waals surface area (Å²) in [5, 5.41) is 1.70. The number of rotatable bonds is 2. The molecule has 0 N–H and O–H groups in total. The van der Waals surface area contributed by atoms with Crippen molar-refractivity contribution >= 4 is 33.0 Å². The fourth-order valence-corrected chi connectivity index (χ4v) is 2.94. The van der Waals surface area contributed by atoms with E-state index in [1.54, 1.807) is 11.4 Å². The number of hydrogen-bond donors (Lipinski definition) is 0. The maximum atomic E-state index is 12.5. The second kappa shape index (κ2) is 4.85. The molecule has 0 aliphatic heterocycles. The Balaban J connectivity index is 2.41. The third kappa shape index (κ3) is 2.64. The van der Waals surface area contributed by atoms with Gasteiger partial charge in [-0.2, -0.15) is 13.2 Å². The first-order valence-corrected chi connectivity index (χ1v) is 6.52. The quantitative estimate of drug-likeness (QED) is 0.723. The molecule has 0 aliphatic rings. The van der Waals surface area contributed by atoms with Crippen LogP contribution in [-0.2, 0) is 6.18 Å². The van der Waals surface area contributed by atoms with E-state index in [1.807, 2.05) is 0 Å². The highest BCUT2D eigenvalue weighted by Gasteiger charge is 2.31. The topological polar surface area (TPSA) is 17.1 Å². The average Bonchev–Trinajstić information content (AvgIpc) is 2.73. The number of carbonyl (C=O) groups is 1. The zero-order chi connectivity index (χ0) is 13.3. The van der Waals surface area contributed by atoms with Gasteiger partial charge in [0.2, 0.25) is 5.78 Å². The van der Waals surface area contributed by atoms with Crippen LogP contribution in [0.2, 0.25) is 0 Å². The molecule has 1 aromatic heterocycles. The number of ketones is 1. The Morgan fingerprint density at radius 3 is 2.50 bits per heavy atom. The highest BCUT2D eigenvalue weighted by molar-refractivity contribution is 9.10. The molecule has 1 nitrogen and oxygen atoms in total. The zero-order valence-corrected chi connectivity index (χ0v) is 11.2. The summed E-state index contributed by atoms with van der Waals surface area (Å²) in [6.07, 6.45) is -4.44. The molecule has 0 fully saturated rings. The molecule has 2 rings (SSSR count). The monoisotopic (exact) mass is 334 g/mol. The molecule has 0 saturated carbocycles. The summed E-state index contributed by atoms with van der Waals surface area (Å²) in [7, 11) is 0. The maximum Gasteiger partial charge on any atom is 0.416 e. The van der Waals surface area contributed by atoms with Gasteiger partial charge in [-0.25, -0.2) is 0 Å². The van der Waals surface area contributed by atoms with Gasteiger partial charge in [-0.05, 0) is 39.5 Å². The van der Waals surface area contributed by atoms with Gasteiger partial charge >= 0.3 is 6.18 Å². The standard InChI is InChI=1S/C12H6BrF3OS/c13-9-4-5-18-11(9)10(17)7-2-1-3-8(6-7)12(14,15)16/h1-6H. The van der Waals surface area contributed by atoms with Gasteiger partial charge < -0.3 is 0 Å². The molecule has 1 aromatic carbocycles. The van der Waals surface area contributed by atoms with Crippen LogP contribution < -0.4 is 0 Å². The largest absolute Gasteiger partial charge is 0.416 e. The summed E-state index contributed by atoms with van der Waals surface area (Å²) in [6.45, 7) is 0. The van der Waals surface area contributed by atoms with Crippen molar-refractivity contribution in [2.45, 2.75) is 6.18 Å². The lowest BCUT2D eigenvalue weighted by atomic mass is 10.1. The van der Waals surface area contributed by atoms with Crippen molar-refractivity contribution in [1.29, 1.82) is 0 Å². The van der Waals surface area contributed by atoms with Gasteiger partial charge in [-0.15, -0.1) is 11.3 Å². The number of thiophene rings is 1. The van der Waals surface area contributed by atoms with Crippen molar-refractivity contribution in [3.05, 3.63) is 56.2 Å². The van der Waals surface area contributed by atoms with E-state index in [2.05, 4.69) is 15.9 Å². The van der Waals surface area contributed by atoms with E-state index in [1.165, 1.54) is 23.5 Å². The van der Waals surface area contributed by atoms with Crippen molar-refractivity contribution in [2.24, 2.45) is 0 Å². The molecule has 0 aliphatic carbocycles. The average molecular weight is 335 g/mol. The number of carbonyl (C=O) groups excluding carboxylic acids is 1. The lowest BCUT2D eigenvalue weighted by molar-refractivity contribution is -0.137. The molecule has 18 heavy (non-hydrogen) atoms. The van der Waals surface area contributed by atoms with Gasteiger partial charge in [0.25, 0.3) is 0 Å². The second-order valence-corrected chi connectivity index (χ2v) is 5.28. The van der Waals surface area contributed by atoms with Gasteiger partial charge in [0, 0.05) is 10.0 Å². The highest BCUT2D eigenvalue weighted by Crippen LogP contribution is 2.31. The fourth-order valence-electron chi connectivity index (χ4n) is 1.42. The predicted octanol–water partition coefficient (Wildman–Crippen LogP) is 4.76. The molecule has 0 saturated heterocycles. The Labute approximate surface area is 113 Å². The van der Waals surface area contributed by atoms with Crippen LogP contribution in [0.3, 0.4) is 0 Å². The molecular weight excluding hydrogens is 329 g/mol. The molecule has 6 heteroatoms. The smallest absolute Gasteiger partial charge is 0.288 e. The van der Waals surface area contributed by atoms with Crippen molar-refractivity contribution in [2.75, 3.05) is 0 Å². The fraction of sp³-hybridized carbons (Fsp3) is 0.0833. The van der Waals surface area contributed by atoms with Gasteiger partial charge in [0.05, 0.1) is 10.4 Å². The molecule has 2 aromatic rings. The first kappa shape index (κ1) is 13.3. The van der Waals surface area contributed by atoms with Gasteiger partial charge in [0.15, 0.2) is 0 Å². The van der Waals surface area contributed by atoms with Crippen LogP contribution in [0.25, 0.3) is 0 Å². The minimum absolute atomic E-state index is 0.0352. The molecule has 0 atom stereocenters. The van der Waals surface area contributed by atoms with Crippen LogP contribution in [0.1, 0.15) is 20.8 Å². The van der Waals surface area contributed by atoms with Crippen LogP contribution >= 0.6 is 27.3 Å². The highest BCUT2D eigenvalue weighted by atomic mass is 79.9. The van der Waals surface area contributed by atoms with E-state index in [9.17, 15) is 18.0 Å². The number of halogens is 4. The minimum Gasteiger partial charge on any atom is -0.288 e. The Kier molecular flexibility index (Phi) is 3.59. The summed E-state index contributed by atoms with van der Waals surface area (Å²) >= 11 is 4.38. The normalized spacial score (nSPS) is 11.6. The lowest BCUT2D eigenvalue weighted by Gasteiger charge is -2.07. The second-order valence-electron chi connectivity index (χ2n) is 3.51. The molecule has 0 unspecified atom stereocenters. The first-order valence-electron chi connectivity index (χ1n) is 4.84. The summed E-state index contributed by atoms with van der Waals surface area (Å²) in [6, 6.07) is 6.11. The van der Waals surface area contributed by atoms with E-state index in [0.717, 1.165) is 12.1 Å². The Hall–Kier alpha value is -1.14. The summed E-state index contributed by atoms with van der Waals surface area (Å²) < 4.78 is 38.2. The van der Waals surface area contributed by atoms with Gasteiger partial charge in [0.1, 0.15) is 0 Å². The summed E-state index contributed by atoms with van der Waals surface area (Å²) in [5.41, 5.74) is -0.783. The molecule has 0 radical (unpaired) electrons. The Bertz CT molecular complexity index is 589. The molecule has 94 valence electrons. The maximum absolute atomic E-state index is 12.5. The van der Waals surface area contributed by atoms with Crippen molar-refractivity contribution in [1.82, 2.24) is 0 Å². The SMILES string of the molecule is O=C(c1cccc(C(F)(F)F)c1)c1sccc1Br. The van der Waals surface area contributed by atoms with Crippen LogP contribution in [0.5, 0.6) is 0 Å². The lowest BCUT2D eigenvalue weighted by Crippen LogP contribution is -2.07. The molecule has 0 spiro atoms. The van der Waals surface area contributed by atoms with Crippen molar-refractivity contribution < 1.29 is 18.0 Å². The summed E-state index contributed by atoms with van der Waals surface area (Å²) in [4.78, 5) is 12.4. The molecule has 0 bridgehead atoms. The third-order valence-electron chi connectivity index (χ3n) is 2.28. The Morgan fingerprint density at radius 2 is 1.94 bits per heavy atom. The first-order chi connectivity index (χ1) is 8.39. The minimum atomic E-state index is -4.44. The van der Waals surface area contributed by atoms with Crippen LogP contribution in [0, 0.1) is 0 Å².